The lowest BCUT2D eigenvalue weighted by atomic mass is 10.1. The number of nitrogens with one attached hydrogen (secondary N) is 2. The highest BCUT2D eigenvalue weighted by Gasteiger charge is 2.25. The number of hydrogen-bond acceptors (Lipinski definition) is 4. The van der Waals surface area contributed by atoms with Crippen LogP contribution in [0.1, 0.15) is 59.4 Å². The molecule has 7 nitrogen and oxygen atoms in total. The molecule has 0 aliphatic heterocycles. The molecule has 1 rings (SSSR count). The summed E-state index contributed by atoms with van der Waals surface area (Å²) in [7, 11) is 0. The van der Waals surface area contributed by atoms with E-state index in [1.54, 1.807) is 30.3 Å². The zero-order chi connectivity index (χ0) is 26.2. The van der Waals surface area contributed by atoms with Crippen molar-refractivity contribution in [3.63, 3.8) is 0 Å². The molecule has 0 aliphatic carbocycles. The minimum Gasteiger partial charge on any atom is -0.399 e. The van der Waals surface area contributed by atoms with Crippen LogP contribution in [0.5, 0.6) is 0 Å². The quantitative estimate of drug-likeness (QED) is 0.222. The molecule has 1 aromatic rings. The van der Waals surface area contributed by atoms with Crippen molar-refractivity contribution >= 4 is 29.5 Å². The zero-order valence-electron chi connectivity index (χ0n) is 21.6. The molecule has 0 spiro atoms. The van der Waals surface area contributed by atoms with Gasteiger partial charge in [-0.05, 0) is 69.5 Å². The van der Waals surface area contributed by atoms with Crippen LogP contribution >= 0.6 is 0 Å². The van der Waals surface area contributed by atoms with Crippen molar-refractivity contribution in [2.24, 2.45) is 0 Å². The van der Waals surface area contributed by atoms with Crippen LogP contribution in [-0.4, -0.2) is 41.8 Å². The first kappa shape index (κ1) is 29.4. The molecular weight excluding hydrogens is 440 g/mol. The molecule has 0 fully saturated rings. The number of likely N-dealkylation sites (N-methyl/N-ethyl adjacent to an activating group) is 1. The van der Waals surface area contributed by atoms with E-state index in [4.69, 9.17) is 5.73 Å². The normalized spacial score (nSPS) is 13.2. The van der Waals surface area contributed by atoms with Gasteiger partial charge in [0.2, 0.25) is 17.7 Å². The van der Waals surface area contributed by atoms with E-state index in [9.17, 15) is 14.4 Å². The molecule has 7 heteroatoms. The van der Waals surface area contributed by atoms with Gasteiger partial charge in [0.15, 0.2) is 0 Å². The van der Waals surface area contributed by atoms with E-state index >= 15 is 0 Å². The maximum atomic E-state index is 13.2. The molecule has 0 radical (unpaired) electrons. The highest BCUT2D eigenvalue weighted by molar-refractivity contribution is 5.96. The van der Waals surface area contributed by atoms with Crippen molar-refractivity contribution in [2.75, 3.05) is 18.8 Å². The standard InChI is InChI=1S/C28H40N4O3/c1-6-10-12-24(19-21(5)8-3)30-27(34)20-32(9-4)28(35)25(11-7-2)31-26(33)18-15-22-13-16-23(29)17-14-22/h6,10,12-19,25H,7-9,11,20,29H2,1-5H3,(H,30,34)(H,31,33)/b10-6-,18-15+,21-19+,24-12+. The lowest BCUT2D eigenvalue weighted by Crippen LogP contribution is -2.50. The molecular formula is C28H40N4O3. The Labute approximate surface area is 209 Å². The number of rotatable bonds is 13. The monoisotopic (exact) mass is 480 g/mol. The average Bonchev–Trinajstić information content (AvgIpc) is 2.84. The molecule has 0 bridgehead atoms. The molecule has 0 aromatic heterocycles. The van der Waals surface area contributed by atoms with Crippen LogP contribution < -0.4 is 16.4 Å². The molecule has 190 valence electrons. The van der Waals surface area contributed by atoms with Crippen LogP contribution in [0.4, 0.5) is 5.69 Å². The predicted molar refractivity (Wildman–Crippen MR) is 144 cm³/mol. The second-order valence-corrected chi connectivity index (χ2v) is 8.24. The number of carbonyl (C=O) groups excluding carboxylic acids is 3. The SMILES string of the molecule is C\C=C/C=C(\C=C(/C)CC)NC(=O)CN(CC)C(=O)C(CCC)NC(=O)/C=C/c1ccc(N)cc1. The van der Waals surface area contributed by atoms with Crippen molar-refractivity contribution < 1.29 is 14.4 Å². The number of carbonyl (C=O) groups is 3. The summed E-state index contributed by atoms with van der Waals surface area (Å²) in [6.45, 7) is 9.95. The van der Waals surface area contributed by atoms with Gasteiger partial charge in [-0.3, -0.25) is 14.4 Å². The Hall–Kier alpha value is -3.61. The smallest absolute Gasteiger partial charge is 0.245 e. The minimum absolute atomic E-state index is 0.0983. The number of nitrogens with zero attached hydrogens (tertiary/aromatic N) is 1. The number of anilines is 1. The third-order valence-electron chi connectivity index (χ3n) is 5.29. The van der Waals surface area contributed by atoms with Gasteiger partial charge in [0.1, 0.15) is 6.04 Å². The molecule has 0 saturated carbocycles. The van der Waals surface area contributed by atoms with E-state index in [0.29, 0.717) is 30.8 Å². The Balaban J connectivity index is 2.87. The van der Waals surface area contributed by atoms with E-state index in [1.165, 1.54) is 11.0 Å². The molecule has 0 saturated heterocycles. The first-order valence-electron chi connectivity index (χ1n) is 12.2. The van der Waals surface area contributed by atoms with Crippen LogP contribution in [-0.2, 0) is 14.4 Å². The van der Waals surface area contributed by atoms with Gasteiger partial charge in [-0.2, -0.15) is 0 Å². The Morgan fingerprint density at radius 1 is 1.11 bits per heavy atom. The number of allylic oxidation sites excluding steroid dienone is 5. The Kier molecular flexibility index (Phi) is 13.5. The molecule has 35 heavy (non-hydrogen) atoms. The van der Waals surface area contributed by atoms with Gasteiger partial charge in [-0.25, -0.2) is 0 Å². The maximum Gasteiger partial charge on any atom is 0.245 e. The summed E-state index contributed by atoms with van der Waals surface area (Å²) in [6, 6.07) is 6.41. The first-order chi connectivity index (χ1) is 16.7. The molecule has 1 unspecified atom stereocenters. The first-order valence-corrected chi connectivity index (χ1v) is 12.2. The van der Waals surface area contributed by atoms with Gasteiger partial charge in [-0.15, -0.1) is 0 Å². The van der Waals surface area contributed by atoms with E-state index < -0.39 is 6.04 Å². The number of benzene rings is 1. The number of nitrogens with two attached hydrogens (primary N) is 1. The Bertz CT molecular complexity index is 959. The van der Waals surface area contributed by atoms with Crippen molar-refractivity contribution in [1.29, 1.82) is 0 Å². The fraction of sp³-hybridized carbons (Fsp3) is 0.393. The van der Waals surface area contributed by atoms with Gasteiger partial charge in [0, 0.05) is 24.0 Å². The van der Waals surface area contributed by atoms with Gasteiger partial charge < -0.3 is 21.3 Å². The Morgan fingerprint density at radius 3 is 2.37 bits per heavy atom. The Morgan fingerprint density at radius 2 is 1.80 bits per heavy atom. The van der Waals surface area contributed by atoms with Crippen LogP contribution in [0.2, 0.25) is 0 Å². The molecule has 4 N–H and O–H groups in total. The van der Waals surface area contributed by atoms with Gasteiger partial charge in [-0.1, -0.05) is 50.1 Å². The number of hydrogen-bond donors (Lipinski definition) is 3. The summed E-state index contributed by atoms with van der Waals surface area (Å²) < 4.78 is 0. The van der Waals surface area contributed by atoms with Crippen LogP contribution in [0.25, 0.3) is 6.08 Å². The van der Waals surface area contributed by atoms with Crippen LogP contribution in [0.3, 0.4) is 0 Å². The lowest BCUT2D eigenvalue weighted by Gasteiger charge is -2.26. The molecule has 0 heterocycles. The maximum absolute atomic E-state index is 13.2. The van der Waals surface area contributed by atoms with E-state index in [0.717, 1.165) is 17.6 Å². The summed E-state index contributed by atoms with van der Waals surface area (Å²) in [5.41, 5.74) is 8.95. The fourth-order valence-corrected chi connectivity index (χ4v) is 3.18. The molecule has 3 amide bonds. The second-order valence-electron chi connectivity index (χ2n) is 8.24. The molecule has 0 aliphatic rings. The summed E-state index contributed by atoms with van der Waals surface area (Å²) in [5.74, 6) is -0.940. The molecule has 1 atom stereocenters. The topological polar surface area (TPSA) is 105 Å². The summed E-state index contributed by atoms with van der Waals surface area (Å²) in [4.78, 5) is 39.9. The van der Waals surface area contributed by atoms with Crippen molar-refractivity contribution in [1.82, 2.24) is 15.5 Å². The number of nitrogen functional groups attached to an aromatic ring is 1. The minimum atomic E-state index is -0.711. The third-order valence-corrected chi connectivity index (χ3v) is 5.29. The number of amides is 3. The second kappa shape index (κ2) is 16.1. The fourth-order valence-electron chi connectivity index (χ4n) is 3.18. The van der Waals surface area contributed by atoms with Gasteiger partial charge >= 0.3 is 0 Å². The van der Waals surface area contributed by atoms with Gasteiger partial charge in [0.05, 0.1) is 6.54 Å². The van der Waals surface area contributed by atoms with Crippen molar-refractivity contribution in [2.45, 2.75) is 59.9 Å². The largest absolute Gasteiger partial charge is 0.399 e. The van der Waals surface area contributed by atoms with Crippen LogP contribution in [0, 0.1) is 0 Å². The van der Waals surface area contributed by atoms with Crippen molar-refractivity contribution in [3.8, 4) is 0 Å². The summed E-state index contributed by atoms with van der Waals surface area (Å²) in [6.07, 6.45) is 12.6. The summed E-state index contributed by atoms with van der Waals surface area (Å²) in [5, 5.41) is 5.67. The lowest BCUT2D eigenvalue weighted by molar-refractivity contribution is -0.138. The van der Waals surface area contributed by atoms with E-state index in [-0.39, 0.29) is 24.3 Å². The van der Waals surface area contributed by atoms with Gasteiger partial charge in [0.25, 0.3) is 0 Å². The molecule has 1 aromatic carbocycles. The highest BCUT2D eigenvalue weighted by Crippen LogP contribution is 2.08. The average molecular weight is 481 g/mol. The highest BCUT2D eigenvalue weighted by atomic mass is 16.2. The summed E-state index contributed by atoms with van der Waals surface area (Å²) >= 11 is 0. The predicted octanol–water partition coefficient (Wildman–Crippen LogP) is 4.35. The van der Waals surface area contributed by atoms with E-state index in [2.05, 4.69) is 10.6 Å². The van der Waals surface area contributed by atoms with Crippen LogP contribution in [0.15, 0.2) is 65.9 Å². The van der Waals surface area contributed by atoms with E-state index in [1.807, 2.05) is 58.9 Å². The van der Waals surface area contributed by atoms with Crippen molar-refractivity contribution in [3.05, 3.63) is 71.5 Å². The zero-order valence-corrected chi connectivity index (χ0v) is 21.6. The third kappa shape index (κ3) is 11.4.